The predicted molar refractivity (Wildman–Crippen MR) is 115 cm³/mol. The van der Waals surface area contributed by atoms with Crippen LogP contribution in [-0.2, 0) is 14.1 Å². The van der Waals surface area contributed by atoms with E-state index in [1.807, 2.05) is 6.07 Å². The molecule has 1 saturated heterocycles. The molecule has 1 fully saturated rings. The highest BCUT2D eigenvalue weighted by Crippen LogP contribution is 2.33. The van der Waals surface area contributed by atoms with Crippen LogP contribution in [0.4, 0.5) is 15.8 Å². The molecule has 30 heavy (non-hydrogen) atoms. The monoisotopic (exact) mass is 410 g/mol. The summed E-state index contributed by atoms with van der Waals surface area (Å²) < 4.78 is 16.7. The normalized spacial score (nSPS) is 14.2. The summed E-state index contributed by atoms with van der Waals surface area (Å²) >= 11 is 0. The van der Waals surface area contributed by atoms with E-state index in [0.29, 0.717) is 16.7 Å². The number of benzene rings is 2. The van der Waals surface area contributed by atoms with Crippen molar-refractivity contribution in [1.82, 2.24) is 9.13 Å². The minimum atomic E-state index is -0.651. The number of fused-ring (bicyclic) bond motifs is 1. The van der Waals surface area contributed by atoms with Gasteiger partial charge in [0.05, 0.1) is 28.0 Å². The highest BCUT2D eigenvalue weighted by molar-refractivity contribution is 6.07. The fourth-order valence-corrected chi connectivity index (χ4v) is 3.94. The Balaban J connectivity index is 1.89. The zero-order valence-electron chi connectivity index (χ0n) is 16.9. The molecule has 0 aliphatic carbocycles. The predicted octanol–water partition coefficient (Wildman–Crippen LogP) is 2.62. The van der Waals surface area contributed by atoms with E-state index in [1.54, 1.807) is 19.2 Å². The van der Waals surface area contributed by atoms with Gasteiger partial charge in [-0.05, 0) is 43.5 Å². The number of amides is 1. The number of piperidine rings is 1. The average Bonchev–Trinajstić information content (AvgIpc) is 2.76. The SMILES string of the molecule is Cn1c(=O)c(=O)n(C)c2cc(N3CCCCC3)c(NC(=O)c3ccccc3F)cc21. The van der Waals surface area contributed by atoms with Crippen molar-refractivity contribution in [2.75, 3.05) is 23.3 Å². The molecule has 1 aliphatic rings. The highest BCUT2D eigenvalue weighted by atomic mass is 19.1. The minimum Gasteiger partial charge on any atom is -0.370 e. The number of nitrogens with one attached hydrogen (secondary N) is 1. The molecule has 0 radical (unpaired) electrons. The van der Waals surface area contributed by atoms with Gasteiger partial charge in [0.1, 0.15) is 5.82 Å². The van der Waals surface area contributed by atoms with Gasteiger partial charge in [0.2, 0.25) is 0 Å². The molecule has 4 rings (SSSR count). The van der Waals surface area contributed by atoms with E-state index < -0.39 is 22.8 Å². The number of aromatic nitrogens is 2. The summed E-state index contributed by atoms with van der Waals surface area (Å²) in [6.07, 6.45) is 3.17. The van der Waals surface area contributed by atoms with Crippen LogP contribution in [0.15, 0.2) is 46.0 Å². The van der Waals surface area contributed by atoms with Gasteiger partial charge in [-0.25, -0.2) is 4.39 Å². The molecular formula is C22H23FN4O3. The van der Waals surface area contributed by atoms with E-state index in [1.165, 1.54) is 34.4 Å². The molecule has 1 aromatic heterocycles. The number of carbonyl (C=O) groups is 1. The Kier molecular flexibility index (Phi) is 5.15. The van der Waals surface area contributed by atoms with Gasteiger partial charge in [0.25, 0.3) is 5.91 Å². The van der Waals surface area contributed by atoms with Crippen LogP contribution in [0.3, 0.4) is 0 Å². The second-order valence-corrected chi connectivity index (χ2v) is 7.57. The van der Waals surface area contributed by atoms with Crippen LogP contribution in [-0.4, -0.2) is 28.1 Å². The zero-order chi connectivity index (χ0) is 21.4. The third-order valence-electron chi connectivity index (χ3n) is 5.67. The molecule has 0 saturated carbocycles. The largest absolute Gasteiger partial charge is 0.370 e. The van der Waals surface area contributed by atoms with Crippen LogP contribution < -0.4 is 21.3 Å². The van der Waals surface area contributed by atoms with Gasteiger partial charge in [-0.2, -0.15) is 0 Å². The van der Waals surface area contributed by atoms with Crippen molar-refractivity contribution in [2.24, 2.45) is 14.1 Å². The van der Waals surface area contributed by atoms with Crippen LogP contribution in [0.1, 0.15) is 29.6 Å². The molecule has 2 aromatic carbocycles. The Morgan fingerprint density at radius 3 is 2.17 bits per heavy atom. The molecule has 1 aliphatic heterocycles. The van der Waals surface area contributed by atoms with Crippen LogP contribution >= 0.6 is 0 Å². The molecule has 0 spiro atoms. The summed E-state index contributed by atoms with van der Waals surface area (Å²) in [5.74, 6) is -1.18. The molecule has 1 amide bonds. The topological polar surface area (TPSA) is 76.3 Å². The maximum atomic E-state index is 14.1. The second-order valence-electron chi connectivity index (χ2n) is 7.57. The van der Waals surface area contributed by atoms with Crippen molar-refractivity contribution in [3.05, 3.63) is 68.5 Å². The van der Waals surface area contributed by atoms with Crippen molar-refractivity contribution >= 4 is 28.3 Å². The summed E-state index contributed by atoms with van der Waals surface area (Å²) in [6.45, 7) is 1.63. The Morgan fingerprint density at radius 2 is 1.53 bits per heavy atom. The van der Waals surface area contributed by atoms with E-state index in [-0.39, 0.29) is 5.56 Å². The van der Waals surface area contributed by atoms with Crippen LogP contribution in [0, 0.1) is 5.82 Å². The Morgan fingerprint density at radius 1 is 0.933 bits per heavy atom. The minimum absolute atomic E-state index is 0.0588. The number of nitrogens with zero attached hydrogens (tertiary/aromatic N) is 3. The van der Waals surface area contributed by atoms with Gasteiger partial charge in [0, 0.05) is 27.2 Å². The summed E-state index contributed by atoms with van der Waals surface area (Å²) in [6, 6.07) is 9.28. The number of carbonyl (C=O) groups excluding carboxylic acids is 1. The number of hydrogen-bond donors (Lipinski definition) is 1. The fraction of sp³-hybridized carbons (Fsp3) is 0.318. The van der Waals surface area contributed by atoms with E-state index >= 15 is 0 Å². The molecule has 2 heterocycles. The molecule has 3 aromatic rings. The Bertz CT molecular complexity index is 1260. The van der Waals surface area contributed by atoms with Crippen molar-refractivity contribution in [2.45, 2.75) is 19.3 Å². The number of aryl methyl sites for hydroxylation is 2. The molecule has 0 atom stereocenters. The third kappa shape index (κ3) is 3.38. The Hall–Kier alpha value is -3.42. The van der Waals surface area contributed by atoms with Gasteiger partial charge in [-0.3, -0.25) is 14.4 Å². The number of halogens is 1. The lowest BCUT2D eigenvalue weighted by Gasteiger charge is -2.31. The lowest BCUT2D eigenvalue weighted by Crippen LogP contribution is -2.39. The number of hydrogen-bond acceptors (Lipinski definition) is 4. The third-order valence-corrected chi connectivity index (χ3v) is 5.67. The van der Waals surface area contributed by atoms with Gasteiger partial charge in [-0.1, -0.05) is 12.1 Å². The fourth-order valence-electron chi connectivity index (χ4n) is 3.94. The van der Waals surface area contributed by atoms with E-state index in [9.17, 15) is 18.8 Å². The first kappa shape index (κ1) is 19.9. The zero-order valence-corrected chi connectivity index (χ0v) is 16.9. The van der Waals surface area contributed by atoms with E-state index in [2.05, 4.69) is 10.2 Å². The van der Waals surface area contributed by atoms with Gasteiger partial charge in [-0.15, -0.1) is 0 Å². The summed E-state index contributed by atoms with van der Waals surface area (Å²) in [7, 11) is 3.08. The lowest BCUT2D eigenvalue weighted by molar-refractivity contribution is 0.102. The first-order valence-corrected chi connectivity index (χ1v) is 9.93. The maximum absolute atomic E-state index is 14.1. The van der Waals surface area contributed by atoms with Crippen LogP contribution in [0.2, 0.25) is 0 Å². The molecule has 7 nitrogen and oxygen atoms in total. The van der Waals surface area contributed by atoms with E-state index in [0.717, 1.165) is 38.0 Å². The van der Waals surface area contributed by atoms with Crippen LogP contribution in [0.25, 0.3) is 11.0 Å². The lowest BCUT2D eigenvalue weighted by atomic mass is 10.1. The molecule has 0 unspecified atom stereocenters. The van der Waals surface area contributed by atoms with Crippen molar-refractivity contribution in [1.29, 1.82) is 0 Å². The molecule has 0 bridgehead atoms. The molecule has 1 N–H and O–H groups in total. The van der Waals surface area contributed by atoms with E-state index in [4.69, 9.17) is 0 Å². The van der Waals surface area contributed by atoms with Gasteiger partial charge < -0.3 is 19.4 Å². The van der Waals surface area contributed by atoms with Gasteiger partial charge in [0.15, 0.2) is 0 Å². The quantitative estimate of drug-likeness (QED) is 0.674. The molecule has 8 heteroatoms. The van der Waals surface area contributed by atoms with Crippen molar-refractivity contribution < 1.29 is 9.18 Å². The van der Waals surface area contributed by atoms with Crippen molar-refractivity contribution in [3.63, 3.8) is 0 Å². The first-order chi connectivity index (χ1) is 14.4. The molecule has 156 valence electrons. The highest BCUT2D eigenvalue weighted by Gasteiger charge is 2.21. The maximum Gasteiger partial charge on any atom is 0.316 e. The number of rotatable bonds is 3. The standard InChI is InChI=1S/C22H23FN4O3/c1-25-18-12-16(24-20(28)14-8-4-5-9-15(14)23)17(27-10-6-3-7-11-27)13-19(18)26(2)22(30)21(25)29/h4-5,8-9,12-13H,3,6-7,10-11H2,1-2H3,(H,24,28). The molecular weight excluding hydrogens is 387 g/mol. The Labute approximate surface area is 172 Å². The van der Waals surface area contributed by atoms with Crippen molar-refractivity contribution in [3.8, 4) is 0 Å². The summed E-state index contributed by atoms with van der Waals surface area (Å²) in [5, 5.41) is 2.81. The summed E-state index contributed by atoms with van der Waals surface area (Å²) in [4.78, 5) is 39.5. The van der Waals surface area contributed by atoms with Gasteiger partial charge >= 0.3 is 11.1 Å². The number of anilines is 2. The first-order valence-electron chi connectivity index (χ1n) is 9.93. The smallest absolute Gasteiger partial charge is 0.316 e. The summed E-state index contributed by atoms with van der Waals surface area (Å²) in [5.41, 5.74) is 1.00. The average molecular weight is 410 g/mol. The van der Waals surface area contributed by atoms with Crippen LogP contribution in [0.5, 0.6) is 0 Å². The second kappa shape index (κ2) is 7.78.